The number of epoxide rings is 2. The number of nitrogens with one attached hydrogen (secondary N) is 4. The van der Waals surface area contributed by atoms with Gasteiger partial charge in [0.2, 0.25) is 65.1 Å². The van der Waals surface area contributed by atoms with Gasteiger partial charge in [-0.25, -0.2) is 14.5 Å². The molecule has 45 N–H and O–H groups in total. The van der Waals surface area contributed by atoms with Gasteiger partial charge in [-0.2, -0.15) is 0 Å². The van der Waals surface area contributed by atoms with E-state index in [2.05, 4.69) is 16.0 Å². The quantitative estimate of drug-likeness (QED) is 0.00733. The van der Waals surface area contributed by atoms with Gasteiger partial charge in [0.25, 0.3) is 23.3 Å². The van der Waals surface area contributed by atoms with Gasteiger partial charge in [-0.05, 0) is 97.2 Å². The minimum absolute atomic E-state index is 0.0339. The lowest BCUT2D eigenvalue weighted by Crippen LogP contribution is -2.87. The minimum atomic E-state index is -5.10. The molecule has 4 heterocycles. The molecule has 756 valence electrons. The van der Waals surface area contributed by atoms with Gasteiger partial charge in [0.1, 0.15) is 22.4 Å². The van der Waals surface area contributed by atoms with E-state index < -0.39 is 309 Å². The van der Waals surface area contributed by atoms with Crippen LogP contribution in [-0.2, 0) is 75.1 Å². The number of urea groups is 2. The third-order valence-electron chi connectivity index (χ3n) is 22.5. The van der Waals surface area contributed by atoms with E-state index in [1.165, 1.54) is 73.7 Å². The van der Waals surface area contributed by atoms with E-state index in [0.717, 1.165) is 42.6 Å². The molecular weight excluding hydrogens is 1870 g/mol. The van der Waals surface area contributed by atoms with Crippen LogP contribution in [0.15, 0.2) is 97.1 Å². The molecule has 4 aliphatic rings. The molecule has 4 fully saturated rings. The molecule has 137 heavy (non-hydrogen) atoms. The van der Waals surface area contributed by atoms with E-state index >= 15 is 4.79 Å². The molecule has 6 aromatic carbocycles. The normalized spacial score (nSPS) is 20.9. The molecule has 4 aliphatic heterocycles. The number of aliphatic hydroxyl groups excluding tert-OH is 2. The average Bonchev–Trinajstić information content (AvgIpc) is 1.52. The largest absolute Gasteiger partial charge is 0.504 e. The summed E-state index contributed by atoms with van der Waals surface area (Å²) in [7, 11) is 0. The number of carbonyl (C=O) groups excluding carboxylic acids is 6. The van der Waals surface area contributed by atoms with Crippen LogP contribution in [0.2, 0.25) is 0 Å². The van der Waals surface area contributed by atoms with Crippen molar-refractivity contribution >= 4 is 35.4 Å². The third kappa shape index (κ3) is 21.2. The van der Waals surface area contributed by atoms with Gasteiger partial charge < -0.3 is 254 Å². The molecule has 0 spiro atoms. The number of amides is 6. The van der Waals surface area contributed by atoms with Crippen molar-refractivity contribution < 1.29 is 267 Å². The van der Waals surface area contributed by atoms with Crippen LogP contribution in [0.25, 0.3) is 11.1 Å². The maximum absolute atomic E-state index is 15.3. The van der Waals surface area contributed by atoms with Gasteiger partial charge in [-0.3, -0.25) is 29.4 Å². The maximum Gasteiger partial charge on any atom is 0.386 e. The first-order chi connectivity index (χ1) is 62.5. The molecule has 10 unspecified atom stereocenters. The Morgan fingerprint density at radius 1 is 0.489 bits per heavy atom. The fraction of sp³-hybridized carbons (Fsp3) is 0.462. The highest BCUT2D eigenvalue weighted by Gasteiger charge is 2.83. The van der Waals surface area contributed by atoms with Crippen LogP contribution in [-0.4, -0.2) is 387 Å². The van der Waals surface area contributed by atoms with Gasteiger partial charge in [-0.15, -0.1) is 0 Å². The van der Waals surface area contributed by atoms with Crippen LogP contribution in [0.4, 0.5) is 9.59 Å². The highest BCUT2D eigenvalue weighted by atomic mass is 16.9. The van der Waals surface area contributed by atoms with Crippen molar-refractivity contribution in [3.8, 4) is 68.6 Å². The Hall–Kier alpha value is -11.3. The first-order valence-corrected chi connectivity index (χ1v) is 39.5. The average molecular weight is 1970 g/mol. The number of ketones is 2. The van der Waals surface area contributed by atoms with Crippen molar-refractivity contribution in [2.75, 3.05) is 13.1 Å². The molecule has 0 aromatic heterocycles. The maximum atomic E-state index is 15.3. The van der Waals surface area contributed by atoms with Crippen molar-refractivity contribution in [2.24, 2.45) is 5.92 Å². The van der Waals surface area contributed by atoms with Crippen LogP contribution < -0.4 is 30.7 Å². The summed E-state index contributed by atoms with van der Waals surface area (Å²) in [6.07, 6.45) is -27.4. The van der Waals surface area contributed by atoms with E-state index in [4.69, 9.17) is 28.4 Å². The second-order valence-corrected chi connectivity index (χ2v) is 32.6. The zero-order chi connectivity index (χ0) is 103. The molecule has 0 radical (unpaired) electrons. The van der Waals surface area contributed by atoms with E-state index in [9.17, 15) is 233 Å². The highest BCUT2D eigenvalue weighted by molar-refractivity contribution is 5.94. The molecule has 10 rings (SSSR count). The number of Topliss-reactive ketones (excluding diaryl/α,β-unsaturated/α-hetero) is 2. The zero-order valence-electron chi connectivity index (χ0n) is 70.1. The van der Waals surface area contributed by atoms with Crippen LogP contribution in [0.5, 0.6) is 57.5 Å². The number of aromatic hydroxyl groups is 8. The number of carbonyl (C=O) groups is 6. The molecule has 0 bridgehead atoms. The summed E-state index contributed by atoms with van der Waals surface area (Å²) in [6, 6.07) is 12.8. The topological polar surface area (TPSA) is 1050 Å². The predicted molar refractivity (Wildman–Crippen MR) is 422 cm³/mol. The molecule has 59 heteroatoms. The van der Waals surface area contributed by atoms with Crippen molar-refractivity contribution in [1.29, 1.82) is 0 Å². The number of aryl methyl sites for hydroxylation is 1. The summed E-state index contributed by atoms with van der Waals surface area (Å²) in [6.45, 7) is 1.78. The molecule has 6 aromatic rings. The number of nitrogens with zero attached hydrogens (tertiary/aromatic N) is 2. The van der Waals surface area contributed by atoms with Crippen molar-refractivity contribution in [3.63, 3.8) is 0 Å². The summed E-state index contributed by atoms with van der Waals surface area (Å²) in [5, 5.41) is 448. The summed E-state index contributed by atoms with van der Waals surface area (Å²) in [5.74, 6) is -85.8. The van der Waals surface area contributed by atoms with E-state index in [-0.39, 0.29) is 51.9 Å². The van der Waals surface area contributed by atoms with Gasteiger partial charge in [0.05, 0.1) is 18.6 Å². The van der Waals surface area contributed by atoms with E-state index in [0.29, 0.717) is 4.90 Å². The smallest absolute Gasteiger partial charge is 0.386 e. The monoisotopic (exact) mass is 1960 g/mol. The van der Waals surface area contributed by atoms with Crippen LogP contribution in [0.1, 0.15) is 76.6 Å². The van der Waals surface area contributed by atoms with Crippen LogP contribution >= 0.6 is 0 Å². The first-order valence-electron chi connectivity index (χ1n) is 39.5. The molecule has 59 nitrogen and oxygen atoms in total. The number of benzene rings is 6. The Labute approximate surface area is 762 Å². The molecule has 6 amide bonds. The summed E-state index contributed by atoms with van der Waals surface area (Å²) in [4.78, 5) is 86.3. The Balaban J connectivity index is 1.02. The lowest BCUT2D eigenvalue weighted by atomic mass is 9.75. The number of aliphatic hydroxyl groups is 33. The SMILES string of the molecule is Cc1ccc(-c2ccc(CC(CC(O)C(CC(=O)C(O)(O)Oc3c(C(O)(O)O)c(O)c(O)c(O)c3C(O)(O)O)Cc3ccccc3)NC(=O)C3(N4C(=O)NC(O)(O)C(O)(O)C4(O)O)OC3OC(C(O)(O)O)C(O)(O)O)cc2)c(C)c1OC(O)(O)C(=O)CC(O)(C(O)CC(Cc1ccccc1)NC(=O)C1(N2CCCNC2=O)OC1OC(C(O)(O)O)C(O)(O)O)C(O)(O)c1c(O)c(O)c(O)c(O)c1O. The van der Waals surface area contributed by atoms with Gasteiger partial charge in [-0.1, -0.05) is 97.1 Å². The molecule has 10 atom stereocenters. The lowest BCUT2D eigenvalue weighted by molar-refractivity contribution is -0.499. The Kier molecular flexibility index (Phi) is 29.4. The highest BCUT2D eigenvalue weighted by Crippen LogP contribution is 2.59. The third-order valence-corrected chi connectivity index (χ3v) is 22.5. The lowest BCUT2D eigenvalue weighted by Gasteiger charge is -2.52. The van der Waals surface area contributed by atoms with Crippen LogP contribution in [0, 0.1) is 19.8 Å². The molecule has 4 saturated heterocycles. The summed E-state index contributed by atoms with van der Waals surface area (Å²) < 4.78 is 30.7. The molecule has 0 saturated carbocycles. The Morgan fingerprint density at radius 3 is 1.36 bits per heavy atom. The number of ether oxygens (including phenoxy) is 6. The van der Waals surface area contributed by atoms with Crippen molar-refractivity contribution in [3.05, 3.63) is 142 Å². The summed E-state index contributed by atoms with van der Waals surface area (Å²) >= 11 is 0. The Morgan fingerprint density at radius 2 is 0.898 bits per heavy atom. The number of rotatable bonds is 41. The number of hydrogen-bond acceptors (Lipinski definition) is 53. The summed E-state index contributed by atoms with van der Waals surface area (Å²) in [5.41, 5.74) is -18.5. The Bertz CT molecular complexity index is 5390. The fourth-order valence-electron chi connectivity index (χ4n) is 15.4. The second-order valence-electron chi connectivity index (χ2n) is 32.6. The van der Waals surface area contributed by atoms with E-state index in [1.807, 2.05) is 0 Å². The number of phenols is 8. The van der Waals surface area contributed by atoms with Gasteiger partial charge in [0.15, 0.2) is 34.3 Å². The van der Waals surface area contributed by atoms with Gasteiger partial charge in [0, 0.05) is 31.6 Å². The van der Waals surface area contributed by atoms with Crippen molar-refractivity contribution in [2.45, 2.75) is 203 Å². The van der Waals surface area contributed by atoms with Crippen LogP contribution in [0.3, 0.4) is 0 Å². The number of hydrogen-bond donors (Lipinski definition) is 45. The minimum Gasteiger partial charge on any atom is -0.504 e. The van der Waals surface area contributed by atoms with Gasteiger partial charge >= 0.3 is 77.5 Å². The second kappa shape index (κ2) is 37.4. The standard InChI is InChI=1S/C78H96N6O53/c1-29-14-19-38(30(2)54(29)134-75(124,125)42(88)28-64(101,67(102,103)43-46(89)51(94)53(96)52(95)47(43)90)40(86)27-37(23-32-12-7-4-8-13-32)81-58(97)65(83-21-9-20-79-62(83)99)60(136-65)132-56(70(110,111)112)71(113,114)115)34-17-15-33(16-18-34)24-36(80-59(98)66(61(137-66)133-57(72(116,117)118)73(119,120)121)84-63(100)82-77(128,129)76(126,127)78(84,130)131)26-39(85)35(22-31-10-5-3-6-11-31)25-41(87)74(122,123)135-55-44(68(104,105)106)48(91)50(93)49(92)45(55)69(107,108)109/h3-8,10-19,35-37,39-40,56-57,60-61,85-86,89-96,101-131H,9,20-28H2,1-2H3,(H,79,99)(H,80,98)(H,81,97)(H,82,100). The molecular formula is C78H96N6O53. The molecule has 0 aliphatic carbocycles. The zero-order valence-corrected chi connectivity index (χ0v) is 70.1. The number of phenolic OH excluding ortho intramolecular Hbond substituents is 8. The van der Waals surface area contributed by atoms with E-state index in [1.54, 1.807) is 0 Å². The fourth-order valence-corrected chi connectivity index (χ4v) is 15.4. The first kappa shape index (κ1) is 108. The van der Waals surface area contributed by atoms with Crippen molar-refractivity contribution in [1.82, 2.24) is 31.1 Å². The predicted octanol–water partition coefficient (Wildman–Crippen LogP) is -16.1.